The number of aromatic hydroxyl groups is 1. The van der Waals surface area contributed by atoms with Crippen LogP contribution in [-0.4, -0.2) is 34.3 Å². The lowest BCUT2D eigenvalue weighted by Crippen LogP contribution is -2.31. The number of rotatable bonds is 5. The number of furan rings is 1. The van der Waals surface area contributed by atoms with Gasteiger partial charge in [-0.1, -0.05) is 35.9 Å². The average Bonchev–Trinajstić information content (AvgIpc) is 3.44. The molecule has 0 aliphatic carbocycles. The zero-order valence-electron chi connectivity index (χ0n) is 16.6. The molecule has 0 radical (unpaired) electrons. The number of esters is 1. The Morgan fingerprint density at radius 3 is 2.68 bits per heavy atom. The maximum Gasteiger partial charge on any atom is 0.342 e. The summed E-state index contributed by atoms with van der Waals surface area (Å²) in [6.07, 6.45) is 1.96. The van der Waals surface area contributed by atoms with Gasteiger partial charge in [-0.05, 0) is 48.4 Å². The third-order valence-corrected chi connectivity index (χ3v) is 5.25. The van der Waals surface area contributed by atoms with Gasteiger partial charge in [0.05, 0.1) is 12.0 Å². The number of amides is 1. The fourth-order valence-electron chi connectivity index (χ4n) is 3.35. The topological polar surface area (TPSA) is 92.3 Å². The van der Waals surface area contributed by atoms with E-state index in [9.17, 15) is 14.7 Å². The Morgan fingerprint density at radius 2 is 1.97 bits per heavy atom. The van der Waals surface area contributed by atoms with Crippen molar-refractivity contribution in [1.29, 1.82) is 0 Å². The SMILES string of the molecule is Cc1cccc(C(=O)OCC(=O)N2N=C(c3ccc(Cl)cc3)C[C@H]2c2ccco2)c1O. The zero-order chi connectivity index (χ0) is 22.0. The van der Waals surface area contributed by atoms with Crippen LogP contribution < -0.4 is 0 Å². The summed E-state index contributed by atoms with van der Waals surface area (Å²) in [5, 5.41) is 16.4. The molecule has 31 heavy (non-hydrogen) atoms. The van der Waals surface area contributed by atoms with Gasteiger partial charge in [0.2, 0.25) is 0 Å². The molecule has 0 unspecified atom stereocenters. The van der Waals surface area contributed by atoms with Crippen LogP contribution in [0.4, 0.5) is 0 Å². The third kappa shape index (κ3) is 4.32. The monoisotopic (exact) mass is 438 g/mol. The first-order valence-corrected chi connectivity index (χ1v) is 9.96. The second kappa shape index (κ2) is 8.65. The molecule has 158 valence electrons. The Morgan fingerprint density at radius 1 is 1.19 bits per heavy atom. The average molecular weight is 439 g/mol. The van der Waals surface area contributed by atoms with E-state index in [1.54, 1.807) is 43.3 Å². The number of phenols is 1. The lowest BCUT2D eigenvalue weighted by Gasteiger charge is -2.19. The normalized spacial score (nSPS) is 15.6. The Balaban J connectivity index is 1.52. The minimum absolute atomic E-state index is 0.00200. The Bertz CT molecular complexity index is 1140. The quantitative estimate of drug-likeness (QED) is 0.593. The highest BCUT2D eigenvalue weighted by molar-refractivity contribution is 6.30. The Hall–Kier alpha value is -3.58. The number of aryl methyl sites for hydroxylation is 1. The minimum atomic E-state index is -0.787. The van der Waals surface area contributed by atoms with Crippen molar-refractivity contribution >= 4 is 29.2 Å². The number of para-hydroxylation sites is 1. The second-order valence-electron chi connectivity index (χ2n) is 7.07. The minimum Gasteiger partial charge on any atom is -0.507 e. The van der Waals surface area contributed by atoms with Gasteiger partial charge in [0.15, 0.2) is 6.61 Å². The van der Waals surface area contributed by atoms with Gasteiger partial charge in [0.25, 0.3) is 5.91 Å². The van der Waals surface area contributed by atoms with Crippen molar-refractivity contribution < 1.29 is 23.8 Å². The van der Waals surface area contributed by atoms with Crippen LogP contribution >= 0.6 is 11.6 Å². The Labute approximate surface area is 183 Å². The summed E-state index contributed by atoms with van der Waals surface area (Å²) in [5.41, 5.74) is 2.06. The molecule has 3 aromatic rings. The van der Waals surface area contributed by atoms with E-state index >= 15 is 0 Å². The molecule has 4 rings (SSSR count). The molecule has 0 saturated carbocycles. The molecule has 1 amide bonds. The molecule has 2 aromatic carbocycles. The van der Waals surface area contributed by atoms with E-state index in [0.29, 0.717) is 28.5 Å². The molecule has 7 nitrogen and oxygen atoms in total. The lowest BCUT2D eigenvalue weighted by atomic mass is 10.0. The number of hydrogen-bond acceptors (Lipinski definition) is 6. The first-order chi connectivity index (χ1) is 14.9. The zero-order valence-corrected chi connectivity index (χ0v) is 17.4. The smallest absolute Gasteiger partial charge is 0.342 e. The number of phenolic OH excluding ortho intramolecular Hbond substituents is 1. The summed E-state index contributed by atoms with van der Waals surface area (Å²) in [4.78, 5) is 25.2. The van der Waals surface area contributed by atoms with Crippen molar-refractivity contribution in [3.05, 3.63) is 88.3 Å². The maximum atomic E-state index is 12.9. The van der Waals surface area contributed by atoms with E-state index in [2.05, 4.69) is 5.10 Å². The van der Waals surface area contributed by atoms with E-state index in [0.717, 1.165) is 5.56 Å². The third-order valence-electron chi connectivity index (χ3n) is 5.00. The molecule has 0 spiro atoms. The molecule has 1 aliphatic heterocycles. The first-order valence-electron chi connectivity index (χ1n) is 9.58. The van der Waals surface area contributed by atoms with Crippen molar-refractivity contribution in [2.75, 3.05) is 6.61 Å². The number of carbonyl (C=O) groups excluding carboxylic acids is 2. The van der Waals surface area contributed by atoms with Crippen LogP contribution in [0.5, 0.6) is 5.75 Å². The fourth-order valence-corrected chi connectivity index (χ4v) is 3.48. The van der Waals surface area contributed by atoms with Gasteiger partial charge in [-0.3, -0.25) is 4.79 Å². The van der Waals surface area contributed by atoms with Gasteiger partial charge in [0.1, 0.15) is 23.1 Å². The highest BCUT2D eigenvalue weighted by atomic mass is 35.5. The number of hydrazone groups is 1. The van der Waals surface area contributed by atoms with Gasteiger partial charge in [-0.25, -0.2) is 9.80 Å². The van der Waals surface area contributed by atoms with Crippen LogP contribution in [0, 0.1) is 6.92 Å². The van der Waals surface area contributed by atoms with Crippen LogP contribution in [0.2, 0.25) is 5.02 Å². The largest absolute Gasteiger partial charge is 0.507 e. The molecular formula is C23H19ClN2O5. The summed E-state index contributed by atoms with van der Waals surface area (Å²) < 4.78 is 10.6. The number of ether oxygens (including phenoxy) is 1. The van der Waals surface area contributed by atoms with Crippen molar-refractivity contribution in [2.45, 2.75) is 19.4 Å². The fraction of sp³-hybridized carbons (Fsp3) is 0.174. The van der Waals surface area contributed by atoms with Crippen molar-refractivity contribution in [3.63, 3.8) is 0 Å². The van der Waals surface area contributed by atoms with E-state index in [1.165, 1.54) is 17.3 Å². The van der Waals surface area contributed by atoms with Gasteiger partial charge >= 0.3 is 5.97 Å². The van der Waals surface area contributed by atoms with Gasteiger partial charge in [-0.15, -0.1) is 0 Å². The highest BCUT2D eigenvalue weighted by Gasteiger charge is 2.35. The van der Waals surface area contributed by atoms with Crippen LogP contribution in [-0.2, 0) is 9.53 Å². The predicted molar refractivity (Wildman–Crippen MR) is 114 cm³/mol. The van der Waals surface area contributed by atoms with E-state index in [-0.39, 0.29) is 11.3 Å². The number of halogens is 1. The second-order valence-corrected chi connectivity index (χ2v) is 7.51. The lowest BCUT2D eigenvalue weighted by molar-refractivity contribution is -0.136. The van der Waals surface area contributed by atoms with Gasteiger partial charge < -0.3 is 14.3 Å². The highest BCUT2D eigenvalue weighted by Crippen LogP contribution is 2.33. The molecule has 1 atom stereocenters. The molecule has 2 heterocycles. The number of carbonyl (C=O) groups is 2. The van der Waals surface area contributed by atoms with Crippen molar-refractivity contribution in [2.24, 2.45) is 5.10 Å². The van der Waals surface area contributed by atoms with E-state index in [1.807, 2.05) is 12.1 Å². The van der Waals surface area contributed by atoms with Crippen LogP contribution in [0.15, 0.2) is 70.4 Å². The molecule has 0 fully saturated rings. The standard InChI is InChI=1S/C23H19ClN2O5/c1-14-4-2-5-17(22(14)28)23(29)31-13-21(27)26-19(20-6-3-11-30-20)12-18(25-26)15-7-9-16(24)10-8-15/h2-11,19,28H,12-13H2,1H3/t19-/m0/s1. The molecule has 0 bridgehead atoms. The maximum absolute atomic E-state index is 12.9. The number of benzene rings is 2. The molecular weight excluding hydrogens is 420 g/mol. The summed E-state index contributed by atoms with van der Waals surface area (Å²) >= 11 is 5.96. The summed E-state index contributed by atoms with van der Waals surface area (Å²) in [5.74, 6) is -0.891. The summed E-state index contributed by atoms with van der Waals surface area (Å²) in [7, 11) is 0. The van der Waals surface area contributed by atoms with Crippen molar-refractivity contribution in [1.82, 2.24) is 5.01 Å². The van der Waals surface area contributed by atoms with Gasteiger partial charge in [0, 0.05) is 11.4 Å². The summed E-state index contributed by atoms with van der Waals surface area (Å²) in [6, 6.07) is 14.9. The molecule has 0 saturated heterocycles. The Kier molecular flexibility index (Phi) is 5.77. The van der Waals surface area contributed by atoms with Crippen LogP contribution in [0.1, 0.15) is 39.7 Å². The van der Waals surface area contributed by atoms with E-state index < -0.39 is 24.5 Å². The van der Waals surface area contributed by atoms with Crippen molar-refractivity contribution in [3.8, 4) is 5.75 Å². The van der Waals surface area contributed by atoms with E-state index in [4.69, 9.17) is 20.8 Å². The molecule has 1 aliphatic rings. The van der Waals surface area contributed by atoms with Gasteiger partial charge in [-0.2, -0.15) is 5.10 Å². The predicted octanol–water partition coefficient (Wildman–Crippen LogP) is 4.48. The molecule has 1 N–H and O–H groups in total. The van der Waals surface area contributed by atoms with Crippen LogP contribution in [0.25, 0.3) is 0 Å². The molecule has 8 heteroatoms. The first kappa shape index (κ1) is 20.7. The summed E-state index contributed by atoms with van der Waals surface area (Å²) in [6.45, 7) is 1.14. The van der Waals surface area contributed by atoms with Crippen LogP contribution in [0.3, 0.4) is 0 Å². The number of hydrogen-bond donors (Lipinski definition) is 1. The number of nitrogens with zero attached hydrogens (tertiary/aromatic N) is 2. The molecule has 1 aromatic heterocycles.